The summed E-state index contributed by atoms with van der Waals surface area (Å²) in [6, 6.07) is 16.4. The lowest BCUT2D eigenvalue weighted by Gasteiger charge is -2.31. The molecule has 0 unspecified atom stereocenters. The number of rotatable bonds is 10. The summed E-state index contributed by atoms with van der Waals surface area (Å²) in [5, 5.41) is 11.8. The fraction of sp³-hybridized carbons (Fsp3) is 0.464. The monoisotopic (exact) mass is 478 g/mol. The van der Waals surface area contributed by atoms with Crippen LogP contribution in [0.4, 0.5) is 4.79 Å². The summed E-state index contributed by atoms with van der Waals surface area (Å²) in [7, 11) is 1.74. The van der Waals surface area contributed by atoms with E-state index < -0.39 is 17.6 Å². The van der Waals surface area contributed by atoms with Crippen molar-refractivity contribution in [2.24, 2.45) is 0 Å². The number of unbranched alkanes of at least 4 members (excludes halogenated alkanes) is 1. The summed E-state index contributed by atoms with van der Waals surface area (Å²) in [5.41, 5.74) is 4.10. The van der Waals surface area contributed by atoms with Gasteiger partial charge in [-0.05, 0) is 47.9 Å². The van der Waals surface area contributed by atoms with Gasteiger partial charge < -0.3 is 20.1 Å². The summed E-state index contributed by atoms with van der Waals surface area (Å²) in [6.07, 6.45) is 4.44. The molecular weight excluding hydrogens is 444 g/mol. The number of hydrogen-bond donors (Lipinski definition) is 2. The molecule has 0 saturated heterocycles. The Bertz CT molecular complexity index is 1030. The number of carbonyl (C=O) groups is 3. The average molecular weight is 479 g/mol. The van der Waals surface area contributed by atoms with Gasteiger partial charge in [0.05, 0.1) is 12.0 Å². The summed E-state index contributed by atoms with van der Waals surface area (Å²) in [5.74, 6) is -0.872. The molecule has 4 rings (SSSR count). The number of benzene rings is 2. The number of aliphatic carboxylic acids is 1. The molecular formula is C28H34N2O5. The highest BCUT2D eigenvalue weighted by atomic mass is 16.5. The zero-order chi connectivity index (χ0) is 24.8. The lowest BCUT2D eigenvalue weighted by atomic mass is 9.92. The van der Waals surface area contributed by atoms with Crippen LogP contribution in [0, 0.1) is 0 Å². The van der Waals surface area contributed by atoms with Gasteiger partial charge in [-0.1, -0.05) is 61.4 Å². The Hall–Kier alpha value is -3.35. The molecule has 2 N–H and O–H groups in total. The first kappa shape index (κ1) is 24.8. The number of hydrogen-bond acceptors (Lipinski definition) is 4. The average Bonchev–Trinajstić information content (AvgIpc) is 3.42. The Balaban J connectivity index is 1.34. The number of alkyl carbamates (subject to hydrolysis) is 1. The molecule has 1 saturated carbocycles. The largest absolute Gasteiger partial charge is 0.481 e. The van der Waals surface area contributed by atoms with Crippen molar-refractivity contribution in [2.45, 2.75) is 62.8 Å². The van der Waals surface area contributed by atoms with Crippen molar-refractivity contribution in [3.8, 4) is 11.1 Å². The summed E-state index contributed by atoms with van der Waals surface area (Å²) in [6.45, 7) is 0.751. The third-order valence-corrected chi connectivity index (χ3v) is 7.32. The van der Waals surface area contributed by atoms with E-state index in [1.807, 2.05) is 24.3 Å². The van der Waals surface area contributed by atoms with Crippen molar-refractivity contribution in [1.82, 2.24) is 10.2 Å². The smallest absolute Gasteiger partial charge is 0.407 e. The molecule has 186 valence electrons. The van der Waals surface area contributed by atoms with E-state index in [2.05, 4.69) is 29.6 Å². The lowest BCUT2D eigenvalue weighted by Crippen LogP contribution is -2.50. The van der Waals surface area contributed by atoms with E-state index in [1.54, 1.807) is 11.9 Å². The number of nitrogens with zero attached hydrogens (tertiary/aromatic N) is 1. The van der Waals surface area contributed by atoms with Gasteiger partial charge in [0.1, 0.15) is 6.61 Å². The Morgan fingerprint density at radius 1 is 1.00 bits per heavy atom. The van der Waals surface area contributed by atoms with Crippen molar-refractivity contribution in [2.75, 3.05) is 20.2 Å². The van der Waals surface area contributed by atoms with Gasteiger partial charge >= 0.3 is 12.1 Å². The van der Waals surface area contributed by atoms with Crippen molar-refractivity contribution >= 4 is 18.0 Å². The highest BCUT2D eigenvalue weighted by Gasteiger charge is 2.39. The van der Waals surface area contributed by atoms with E-state index in [1.165, 1.54) is 11.1 Å². The minimum absolute atomic E-state index is 0.00811. The van der Waals surface area contributed by atoms with Crippen LogP contribution in [0.3, 0.4) is 0 Å². The molecule has 0 radical (unpaired) electrons. The highest BCUT2D eigenvalue weighted by molar-refractivity contribution is 5.80. The van der Waals surface area contributed by atoms with Gasteiger partial charge in [0.2, 0.25) is 5.91 Å². The van der Waals surface area contributed by atoms with Crippen molar-refractivity contribution in [3.63, 3.8) is 0 Å². The first-order chi connectivity index (χ1) is 16.9. The van der Waals surface area contributed by atoms with Crippen LogP contribution in [0.25, 0.3) is 11.1 Å². The van der Waals surface area contributed by atoms with Gasteiger partial charge in [0.15, 0.2) is 0 Å². The Labute approximate surface area is 206 Å². The van der Waals surface area contributed by atoms with Gasteiger partial charge in [-0.3, -0.25) is 9.59 Å². The number of ether oxygens (including phenoxy) is 1. The molecule has 2 aromatic rings. The second kappa shape index (κ2) is 10.9. The van der Waals surface area contributed by atoms with Gasteiger partial charge in [-0.2, -0.15) is 0 Å². The Kier molecular flexibility index (Phi) is 7.73. The maximum atomic E-state index is 12.9. The Morgan fingerprint density at radius 2 is 1.60 bits per heavy atom. The van der Waals surface area contributed by atoms with Crippen LogP contribution < -0.4 is 5.32 Å². The molecule has 0 heterocycles. The molecule has 2 aromatic carbocycles. The van der Waals surface area contributed by atoms with Crippen LogP contribution in [0.15, 0.2) is 48.5 Å². The molecule has 0 spiro atoms. The quantitative estimate of drug-likeness (QED) is 0.472. The van der Waals surface area contributed by atoms with Gasteiger partial charge in [-0.15, -0.1) is 0 Å². The van der Waals surface area contributed by atoms with E-state index in [-0.39, 0.29) is 31.3 Å². The van der Waals surface area contributed by atoms with Crippen molar-refractivity contribution in [1.29, 1.82) is 0 Å². The van der Waals surface area contributed by atoms with Crippen LogP contribution in [-0.4, -0.2) is 53.7 Å². The number of carboxylic acids is 1. The molecule has 7 heteroatoms. The second-order valence-corrected chi connectivity index (χ2v) is 9.78. The van der Waals surface area contributed by atoms with E-state index >= 15 is 0 Å². The molecule has 7 nitrogen and oxygen atoms in total. The molecule has 0 atom stereocenters. The number of fused-ring (bicyclic) bond motifs is 3. The highest BCUT2D eigenvalue weighted by Crippen LogP contribution is 2.44. The first-order valence-electron chi connectivity index (χ1n) is 12.5. The number of amides is 2. The molecule has 2 aliphatic rings. The molecule has 35 heavy (non-hydrogen) atoms. The molecule has 0 bridgehead atoms. The summed E-state index contributed by atoms with van der Waals surface area (Å²) in [4.78, 5) is 38.1. The van der Waals surface area contributed by atoms with E-state index in [0.29, 0.717) is 19.4 Å². The third-order valence-electron chi connectivity index (χ3n) is 7.32. The van der Waals surface area contributed by atoms with E-state index in [9.17, 15) is 14.4 Å². The van der Waals surface area contributed by atoms with E-state index in [0.717, 1.165) is 36.8 Å². The van der Waals surface area contributed by atoms with Crippen LogP contribution >= 0.6 is 0 Å². The fourth-order valence-corrected chi connectivity index (χ4v) is 5.42. The standard InChI is InChI=1S/C28H34N2O5/c1-30(17-9-6-14-26(32)33)25(31)18-28(15-7-8-16-28)29-27(34)35-19-24-22-12-4-2-10-20(22)21-11-3-5-13-23(21)24/h2-5,10-13,24H,6-9,14-19H2,1H3,(H,29,34)(H,32,33). The molecule has 0 aliphatic heterocycles. The molecule has 0 aromatic heterocycles. The lowest BCUT2D eigenvalue weighted by molar-refractivity contribution is -0.137. The minimum Gasteiger partial charge on any atom is -0.481 e. The van der Waals surface area contributed by atoms with Crippen molar-refractivity contribution < 1.29 is 24.2 Å². The predicted molar refractivity (Wildman–Crippen MR) is 133 cm³/mol. The van der Waals surface area contributed by atoms with E-state index in [4.69, 9.17) is 9.84 Å². The topological polar surface area (TPSA) is 95.9 Å². The molecule has 2 aliphatic carbocycles. The third kappa shape index (κ3) is 5.84. The maximum absolute atomic E-state index is 12.9. The summed E-state index contributed by atoms with van der Waals surface area (Å²) < 4.78 is 5.74. The second-order valence-electron chi connectivity index (χ2n) is 9.78. The van der Waals surface area contributed by atoms with Crippen LogP contribution in [0.2, 0.25) is 0 Å². The number of carbonyl (C=O) groups excluding carboxylic acids is 2. The summed E-state index contributed by atoms with van der Waals surface area (Å²) >= 11 is 0. The van der Waals surface area contributed by atoms with Gasteiger partial charge in [0, 0.05) is 25.9 Å². The SMILES string of the molecule is CN(CCCCC(=O)O)C(=O)CC1(NC(=O)OCC2c3ccccc3-c3ccccc32)CCCC1. The fourth-order valence-electron chi connectivity index (χ4n) is 5.42. The predicted octanol–water partition coefficient (Wildman–Crippen LogP) is 4.94. The zero-order valence-corrected chi connectivity index (χ0v) is 20.3. The maximum Gasteiger partial charge on any atom is 0.407 e. The van der Waals surface area contributed by atoms with Crippen molar-refractivity contribution in [3.05, 3.63) is 59.7 Å². The van der Waals surface area contributed by atoms with Crippen LogP contribution in [0.5, 0.6) is 0 Å². The molecule has 1 fully saturated rings. The minimum atomic E-state index is -0.823. The first-order valence-corrected chi connectivity index (χ1v) is 12.5. The molecule has 2 amide bonds. The zero-order valence-electron chi connectivity index (χ0n) is 20.3. The number of carboxylic acid groups (broad SMARTS) is 1. The normalized spacial score (nSPS) is 15.8. The number of nitrogens with one attached hydrogen (secondary N) is 1. The van der Waals surface area contributed by atoms with Gasteiger partial charge in [0.25, 0.3) is 0 Å². The van der Waals surface area contributed by atoms with Gasteiger partial charge in [-0.25, -0.2) is 4.79 Å². The van der Waals surface area contributed by atoms with Crippen LogP contribution in [0.1, 0.15) is 68.4 Å². The Morgan fingerprint density at radius 3 is 2.20 bits per heavy atom. The van der Waals surface area contributed by atoms with Crippen LogP contribution in [-0.2, 0) is 14.3 Å².